The lowest BCUT2D eigenvalue weighted by Crippen LogP contribution is -2.54. The van der Waals surface area contributed by atoms with Crippen LogP contribution in [0.4, 0.5) is 0 Å². The monoisotopic (exact) mass is 349 g/mol. The first kappa shape index (κ1) is 17.8. The maximum absolute atomic E-state index is 12.5. The van der Waals surface area contributed by atoms with E-state index in [0.29, 0.717) is 31.3 Å². The van der Waals surface area contributed by atoms with Crippen LogP contribution in [0.3, 0.4) is 0 Å². The number of nitrogens with one attached hydrogen (secondary N) is 1. The highest BCUT2D eigenvalue weighted by Crippen LogP contribution is 2.26. The molecule has 25 heavy (non-hydrogen) atoms. The molecule has 2 heterocycles. The molecule has 1 atom stereocenters. The fraction of sp³-hybridized carbons (Fsp3) is 0.765. The van der Waals surface area contributed by atoms with Crippen LogP contribution in [0.15, 0.2) is 4.52 Å². The summed E-state index contributed by atoms with van der Waals surface area (Å²) >= 11 is 0. The number of hydrogen-bond acceptors (Lipinski definition) is 6. The summed E-state index contributed by atoms with van der Waals surface area (Å²) in [6.07, 6.45) is 3.74. The van der Waals surface area contributed by atoms with Crippen molar-refractivity contribution >= 4 is 11.8 Å². The first-order valence-electron chi connectivity index (χ1n) is 9.19. The van der Waals surface area contributed by atoms with Crippen molar-refractivity contribution in [2.45, 2.75) is 52.1 Å². The molecule has 1 saturated heterocycles. The van der Waals surface area contributed by atoms with Crippen molar-refractivity contribution in [3.63, 3.8) is 0 Å². The van der Waals surface area contributed by atoms with Gasteiger partial charge in [0.1, 0.15) is 6.04 Å². The number of carbonyl (C=O) groups excluding carboxylic acids is 2. The molecule has 1 aromatic heterocycles. The Bertz CT molecular complexity index is 605. The average molecular weight is 349 g/mol. The van der Waals surface area contributed by atoms with Crippen LogP contribution < -0.4 is 5.32 Å². The number of nitrogens with zero attached hydrogens (tertiary/aromatic N) is 4. The molecule has 8 nitrogen and oxygen atoms in total. The SMILES string of the molecule is CCc1nc(CN2CCN(C(=O)[C@@H](C)NC(=O)C3CCC3)CC2)no1. The minimum atomic E-state index is -0.455. The Balaban J connectivity index is 1.42. The van der Waals surface area contributed by atoms with E-state index in [1.54, 1.807) is 6.92 Å². The summed E-state index contributed by atoms with van der Waals surface area (Å²) in [6.45, 7) is 7.24. The van der Waals surface area contributed by atoms with E-state index in [1.807, 2.05) is 11.8 Å². The van der Waals surface area contributed by atoms with Crippen LogP contribution in [0.25, 0.3) is 0 Å². The van der Waals surface area contributed by atoms with Crippen molar-refractivity contribution in [1.82, 2.24) is 25.3 Å². The molecule has 2 amide bonds. The average Bonchev–Trinajstić information content (AvgIpc) is 3.00. The third-order valence-corrected chi connectivity index (χ3v) is 5.07. The second-order valence-corrected chi connectivity index (χ2v) is 6.92. The standard InChI is InChI=1S/C17H27N5O3/c1-3-15-19-14(20-25-15)11-21-7-9-22(10-8-21)17(24)12(2)18-16(23)13-5-4-6-13/h12-13H,3-11H2,1-2H3,(H,18,23)/t12-/m1/s1. The normalized spacial score (nSPS) is 20.2. The lowest BCUT2D eigenvalue weighted by Gasteiger charge is -2.36. The highest BCUT2D eigenvalue weighted by atomic mass is 16.5. The fourth-order valence-electron chi connectivity index (χ4n) is 3.16. The van der Waals surface area contributed by atoms with Gasteiger partial charge in [-0.25, -0.2) is 0 Å². The van der Waals surface area contributed by atoms with Gasteiger partial charge in [-0.15, -0.1) is 0 Å². The van der Waals surface area contributed by atoms with E-state index >= 15 is 0 Å². The van der Waals surface area contributed by atoms with Gasteiger partial charge in [0.15, 0.2) is 5.82 Å². The number of piperazine rings is 1. The van der Waals surface area contributed by atoms with Crippen LogP contribution in [-0.4, -0.2) is 64.0 Å². The van der Waals surface area contributed by atoms with E-state index in [2.05, 4.69) is 20.4 Å². The summed E-state index contributed by atoms with van der Waals surface area (Å²) in [5.74, 6) is 1.47. The van der Waals surface area contributed by atoms with E-state index in [4.69, 9.17) is 4.52 Å². The molecule has 0 bridgehead atoms. The predicted octanol–water partition coefficient (Wildman–Crippen LogP) is 0.581. The van der Waals surface area contributed by atoms with E-state index in [-0.39, 0.29) is 17.7 Å². The molecule has 0 unspecified atom stereocenters. The number of aryl methyl sites for hydroxylation is 1. The van der Waals surface area contributed by atoms with Crippen LogP contribution >= 0.6 is 0 Å². The van der Waals surface area contributed by atoms with Crippen molar-refractivity contribution in [3.8, 4) is 0 Å². The molecule has 0 spiro atoms. The van der Waals surface area contributed by atoms with E-state index in [0.717, 1.165) is 38.8 Å². The van der Waals surface area contributed by atoms with Crippen molar-refractivity contribution in [1.29, 1.82) is 0 Å². The minimum Gasteiger partial charge on any atom is -0.344 e. The van der Waals surface area contributed by atoms with E-state index in [1.165, 1.54) is 0 Å². The molecular weight excluding hydrogens is 322 g/mol. The molecule has 2 fully saturated rings. The summed E-state index contributed by atoms with van der Waals surface area (Å²) in [6, 6.07) is -0.455. The van der Waals surface area contributed by atoms with Crippen LogP contribution in [0.5, 0.6) is 0 Å². The molecule has 3 rings (SSSR count). The van der Waals surface area contributed by atoms with Crippen molar-refractivity contribution < 1.29 is 14.1 Å². The fourth-order valence-corrected chi connectivity index (χ4v) is 3.16. The Morgan fingerprint density at radius 2 is 2.00 bits per heavy atom. The van der Waals surface area contributed by atoms with Crippen molar-refractivity contribution in [2.24, 2.45) is 5.92 Å². The van der Waals surface area contributed by atoms with Gasteiger partial charge in [0.25, 0.3) is 0 Å². The quantitative estimate of drug-likeness (QED) is 0.808. The van der Waals surface area contributed by atoms with Crippen molar-refractivity contribution in [2.75, 3.05) is 26.2 Å². The van der Waals surface area contributed by atoms with Crippen LogP contribution in [0.2, 0.25) is 0 Å². The second kappa shape index (κ2) is 7.95. The predicted molar refractivity (Wildman–Crippen MR) is 90.5 cm³/mol. The van der Waals surface area contributed by atoms with Crippen LogP contribution in [-0.2, 0) is 22.6 Å². The lowest BCUT2D eigenvalue weighted by molar-refractivity contribution is -0.139. The molecule has 8 heteroatoms. The Morgan fingerprint density at radius 1 is 1.28 bits per heavy atom. The second-order valence-electron chi connectivity index (χ2n) is 6.92. The van der Waals surface area contributed by atoms with Gasteiger partial charge in [-0.05, 0) is 19.8 Å². The Kier molecular flexibility index (Phi) is 5.67. The van der Waals surface area contributed by atoms with Gasteiger partial charge >= 0.3 is 0 Å². The summed E-state index contributed by atoms with van der Waals surface area (Å²) in [7, 11) is 0. The number of aromatic nitrogens is 2. The third-order valence-electron chi connectivity index (χ3n) is 5.07. The van der Waals surface area contributed by atoms with Crippen LogP contribution in [0.1, 0.15) is 44.8 Å². The molecule has 1 saturated carbocycles. The van der Waals surface area contributed by atoms with Gasteiger partial charge in [-0.2, -0.15) is 4.98 Å². The summed E-state index contributed by atoms with van der Waals surface area (Å²) < 4.78 is 5.12. The van der Waals surface area contributed by atoms with E-state index < -0.39 is 6.04 Å². The van der Waals surface area contributed by atoms with Gasteiger partial charge in [0.2, 0.25) is 17.7 Å². The molecule has 1 aliphatic carbocycles. The number of hydrogen-bond donors (Lipinski definition) is 1. The molecule has 0 aromatic carbocycles. The Labute approximate surface area is 147 Å². The Hall–Kier alpha value is -1.96. The van der Waals surface area contributed by atoms with Gasteiger partial charge in [0, 0.05) is 38.5 Å². The third kappa shape index (κ3) is 4.36. The Morgan fingerprint density at radius 3 is 2.56 bits per heavy atom. The van der Waals surface area contributed by atoms with Gasteiger partial charge in [-0.3, -0.25) is 14.5 Å². The highest BCUT2D eigenvalue weighted by Gasteiger charge is 2.30. The first-order valence-corrected chi connectivity index (χ1v) is 9.19. The molecule has 1 aromatic rings. The van der Waals surface area contributed by atoms with Gasteiger partial charge in [-0.1, -0.05) is 18.5 Å². The smallest absolute Gasteiger partial charge is 0.244 e. The summed E-state index contributed by atoms with van der Waals surface area (Å²) in [5, 5.41) is 6.83. The van der Waals surface area contributed by atoms with E-state index in [9.17, 15) is 9.59 Å². The van der Waals surface area contributed by atoms with Crippen molar-refractivity contribution in [3.05, 3.63) is 11.7 Å². The minimum absolute atomic E-state index is 0.000142. The van der Waals surface area contributed by atoms with Crippen LogP contribution in [0, 0.1) is 5.92 Å². The zero-order chi connectivity index (χ0) is 17.8. The topological polar surface area (TPSA) is 91.6 Å². The lowest BCUT2D eigenvalue weighted by atomic mass is 9.84. The number of rotatable bonds is 6. The molecule has 2 aliphatic rings. The zero-order valence-corrected chi connectivity index (χ0v) is 15.0. The highest BCUT2D eigenvalue weighted by molar-refractivity contribution is 5.88. The zero-order valence-electron chi connectivity index (χ0n) is 15.0. The maximum atomic E-state index is 12.5. The number of amides is 2. The molecule has 138 valence electrons. The summed E-state index contributed by atoms with van der Waals surface area (Å²) in [5.41, 5.74) is 0. The number of carbonyl (C=O) groups is 2. The first-order chi connectivity index (χ1) is 12.1. The largest absolute Gasteiger partial charge is 0.344 e. The molecular formula is C17H27N5O3. The molecule has 1 N–H and O–H groups in total. The summed E-state index contributed by atoms with van der Waals surface area (Å²) in [4.78, 5) is 32.9. The molecule has 1 aliphatic heterocycles. The molecule has 0 radical (unpaired) electrons. The maximum Gasteiger partial charge on any atom is 0.244 e. The van der Waals surface area contributed by atoms with Gasteiger partial charge < -0.3 is 14.7 Å². The van der Waals surface area contributed by atoms with Gasteiger partial charge in [0.05, 0.1) is 6.54 Å².